The number of anilines is 1. The molecule has 0 spiro atoms. The highest BCUT2D eigenvalue weighted by molar-refractivity contribution is 6.36. The SMILES string of the molecule is Cc1c(F)cccc1NC(=O)C1CC(C(=O)O)=NO1. The van der Waals surface area contributed by atoms with E-state index < -0.39 is 23.8 Å². The minimum absolute atomic E-state index is 0.116. The lowest BCUT2D eigenvalue weighted by atomic mass is 10.1. The van der Waals surface area contributed by atoms with Crippen LogP contribution >= 0.6 is 0 Å². The van der Waals surface area contributed by atoms with Crippen LogP contribution in [0.5, 0.6) is 0 Å². The Balaban J connectivity index is 2.03. The lowest BCUT2D eigenvalue weighted by Crippen LogP contribution is -2.29. The molecule has 0 saturated heterocycles. The second-order valence-electron chi connectivity index (χ2n) is 4.04. The zero-order valence-corrected chi connectivity index (χ0v) is 10.0. The van der Waals surface area contributed by atoms with Crippen molar-refractivity contribution >= 4 is 23.3 Å². The summed E-state index contributed by atoms with van der Waals surface area (Å²) in [5, 5.41) is 14.5. The summed E-state index contributed by atoms with van der Waals surface area (Å²) >= 11 is 0. The Morgan fingerprint density at radius 3 is 2.89 bits per heavy atom. The smallest absolute Gasteiger partial charge is 0.353 e. The number of aliphatic carboxylic acids is 1. The predicted octanol–water partition coefficient (Wildman–Crippen LogP) is 1.30. The molecule has 2 rings (SSSR count). The Bertz CT molecular complexity index is 571. The molecule has 1 unspecified atom stereocenters. The maximum absolute atomic E-state index is 13.3. The van der Waals surface area contributed by atoms with Crippen molar-refractivity contribution < 1.29 is 23.9 Å². The number of oxime groups is 1. The number of carbonyl (C=O) groups excluding carboxylic acids is 1. The number of carboxylic acid groups (broad SMARTS) is 1. The van der Waals surface area contributed by atoms with E-state index in [1.807, 2.05) is 0 Å². The average Bonchev–Trinajstić information content (AvgIpc) is 2.84. The van der Waals surface area contributed by atoms with Gasteiger partial charge in [0.05, 0.1) is 0 Å². The van der Waals surface area contributed by atoms with Crippen molar-refractivity contribution in [2.24, 2.45) is 5.16 Å². The fourth-order valence-corrected chi connectivity index (χ4v) is 1.60. The van der Waals surface area contributed by atoms with Gasteiger partial charge in [0.15, 0.2) is 5.71 Å². The first-order chi connectivity index (χ1) is 8.99. The molecular formula is C12H11FN2O4. The van der Waals surface area contributed by atoms with Crippen molar-refractivity contribution in [3.8, 4) is 0 Å². The molecule has 0 aliphatic carbocycles. The van der Waals surface area contributed by atoms with Crippen LogP contribution in [0.25, 0.3) is 0 Å². The summed E-state index contributed by atoms with van der Waals surface area (Å²) in [6, 6.07) is 4.29. The van der Waals surface area contributed by atoms with E-state index in [0.29, 0.717) is 11.3 Å². The van der Waals surface area contributed by atoms with Crippen molar-refractivity contribution in [3.05, 3.63) is 29.6 Å². The van der Waals surface area contributed by atoms with E-state index in [1.54, 1.807) is 6.07 Å². The molecule has 2 N–H and O–H groups in total. The van der Waals surface area contributed by atoms with E-state index in [2.05, 4.69) is 10.5 Å². The molecule has 0 fully saturated rings. The molecule has 1 amide bonds. The topological polar surface area (TPSA) is 88.0 Å². The number of nitrogens with one attached hydrogen (secondary N) is 1. The molecule has 1 aromatic carbocycles. The second-order valence-corrected chi connectivity index (χ2v) is 4.04. The molecule has 1 aromatic rings. The van der Waals surface area contributed by atoms with Gasteiger partial charge >= 0.3 is 5.97 Å². The molecule has 100 valence electrons. The Morgan fingerprint density at radius 1 is 1.53 bits per heavy atom. The fourth-order valence-electron chi connectivity index (χ4n) is 1.60. The van der Waals surface area contributed by atoms with Gasteiger partial charge < -0.3 is 15.3 Å². The number of rotatable bonds is 3. The number of hydrogen-bond acceptors (Lipinski definition) is 4. The first-order valence-electron chi connectivity index (χ1n) is 5.51. The van der Waals surface area contributed by atoms with Gasteiger partial charge in [0.25, 0.3) is 5.91 Å². The van der Waals surface area contributed by atoms with Crippen molar-refractivity contribution in [2.75, 3.05) is 5.32 Å². The van der Waals surface area contributed by atoms with E-state index in [0.717, 1.165) is 0 Å². The Labute approximate surface area is 107 Å². The Morgan fingerprint density at radius 2 is 2.26 bits per heavy atom. The lowest BCUT2D eigenvalue weighted by Gasteiger charge is -2.11. The maximum Gasteiger partial charge on any atom is 0.353 e. The molecule has 19 heavy (non-hydrogen) atoms. The van der Waals surface area contributed by atoms with Crippen molar-refractivity contribution in [3.63, 3.8) is 0 Å². The Hall–Kier alpha value is -2.44. The molecule has 7 heteroatoms. The quantitative estimate of drug-likeness (QED) is 0.863. The van der Waals surface area contributed by atoms with Crippen molar-refractivity contribution in [1.82, 2.24) is 0 Å². The zero-order chi connectivity index (χ0) is 14.0. The first kappa shape index (κ1) is 13.0. The van der Waals surface area contributed by atoms with Gasteiger partial charge in [0, 0.05) is 17.7 Å². The molecule has 0 bridgehead atoms. The van der Waals surface area contributed by atoms with Crippen LogP contribution in [-0.4, -0.2) is 28.8 Å². The van der Waals surface area contributed by atoms with Gasteiger partial charge in [-0.05, 0) is 19.1 Å². The van der Waals surface area contributed by atoms with Gasteiger partial charge in [0.2, 0.25) is 6.10 Å². The molecule has 1 heterocycles. The lowest BCUT2D eigenvalue weighted by molar-refractivity contribution is -0.129. The summed E-state index contributed by atoms with van der Waals surface area (Å²) < 4.78 is 13.3. The van der Waals surface area contributed by atoms with Crippen LogP contribution in [0.4, 0.5) is 10.1 Å². The summed E-state index contributed by atoms with van der Waals surface area (Å²) in [5.41, 5.74) is 0.404. The van der Waals surface area contributed by atoms with Gasteiger partial charge in [-0.25, -0.2) is 9.18 Å². The van der Waals surface area contributed by atoms with E-state index in [1.165, 1.54) is 19.1 Å². The number of nitrogens with zero attached hydrogens (tertiary/aromatic N) is 1. The van der Waals surface area contributed by atoms with Gasteiger partial charge in [-0.2, -0.15) is 0 Å². The highest BCUT2D eigenvalue weighted by Gasteiger charge is 2.31. The minimum Gasteiger partial charge on any atom is -0.477 e. The summed E-state index contributed by atoms with van der Waals surface area (Å²) in [6.45, 7) is 1.53. The summed E-state index contributed by atoms with van der Waals surface area (Å²) in [5.74, 6) is -2.22. The highest BCUT2D eigenvalue weighted by Crippen LogP contribution is 2.19. The van der Waals surface area contributed by atoms with E-state index >= 15 is 0 Å². The molecule has 6 nitrogen and oxygen atoms in total. The largest absolute Gasteiger partial charge is 0.477 e. The standard InChI is InChI=1S/C12H11FN2O4/c1-6-7(13)3-2-4-8(6)14-11(16)10-5-9(12(17)18)15-19-10/h2-4,10H,5H2,1H3,(H,14,16)(H,17,18). The third-order valence-corrected chi connectivity index (χ3v) is 2.73. The number of benzene rings is 1. The third kappa shape index (κ3) is 2.70. The number of carboxylic acids is 1. The number of carbonyl (C=O) groups is 2. The minimum atomic E-state index is -1.22. The van der Waals surface area contributed by atoms with Gasteiger partial charge in [-0.1, -0.05) is 11.2 Å². The Kier molecular flexibility index (Phi) is 3.46. The maximum atomic E-state index is 13.3. The molecule has 0 radical (unpaired) electrons. The molecule has 0 aromatic heterocycles. The van der Waals surface area contributed by atoms with Crippen LogP contribution in [0, 0.1) is 12.7 Å². The van der Waals surface area contributed by atoms with Crippen LogP contribution in [-0.2, 0) is 14.4 Å². The van der Waals surface area contributed by atoms with Crippen LogP contribution < -0.4 is 5.32 Å². The van der Waals surface area contributed by atoms with Crippen LogP contribution in [0.2, 0.25) is 0 Å². The molecule has 1 atom stereocenters. The third-order valence-electron chi connectivity index (χ3n) is 2.73. The van der Waals surface area contributed by atoms with Crippen molar-refractivity contribution in [2.45, 2.75) is 19.4 Å². The number of amides is 1. The van der Waals surface area contributed by atoms with Gasteiger partial charge in [0.1, 0.15) is 5.82 Å². The summed E-state index contributed by atoms with van der Waals surface area (Å²) in [7, 11) is 0. The van der Waals surface area contributed by atoms with Gasteiger partial charge in [-0.3, -0.25) is 4.79 Å². The van der Waals surface area contributed by atoms with Crippen LogP contribution in [0.15, 0.2) is 23.4 Å². The van der Waals surface area contributed by atoms with Crippen LogP contribution in [0.1, 0.15) is 12.0 Å². The highest BCUT2D eigenvalue weighted by atomic mass is 19.1. The van der Waals surface area contributed by atoms with Gasteiger partial charge in [-0.15, -0.1) is 0 Å². The number of hydrogen-bond donors (Lipinski definition) is 2. The summed E-state index contributed by atoms with van der Waals surface area (Å²) in [4.78, 5) is 27.2. The normalized spacial score (nSPS) is 17.6. The fraction of sp³-hybridized carbons (Fsp3) is 0.250. The van der Waals surface area contributed by atoms with Crippen molar-refractivity contribution in [1.29, 1.82) is 0 Å². The molecule has 1 aliphatic heterocycles. The predicted molar refractivity (Wildman–Crippen MR) is 64.3 cm³/mol. The molecule has 1 aliphatic rings. The molecule has 0 saturated carbocycles. The zero-order valence-electron chi connectivity index (χ0n) is 10.0. The number of halogens is 1. The van der Waals surface area contributed by atoms with E-state index in [9.17, 15) is 14.0 Å². The van der Waals surface area contributed by atoms with E-state index in [4.69, 9.17) is 9.94 Å². The summed E-state index contributed by atoms with van der Waals surface area (Å²) in [6.07, 6.45) is -1.12. The monoisotopic (exact) mass is 266 g/mol. The molecular weight excluding hydrogens is 255 g/mol. The second kappa shape index (κ2) is 5.05. The first-order valence-corrected chi connectivity index (χ1v) is 5.51. The average molecular weight is 266 g/mol. The van der Waals surface area contributed by atoms with E-state index in [-0.39, 0.29) is 12.1 Å². The van der Waals surface area contributed by atoms with Crippen LogP contribution in [0.3, 0.4) is 0 Å².